The van der Waals surface area contributed by atoms with Crippen molar-refractivity contribution >= 4 is 17.5 Å². The molecule has 0 N–H and O–H groups in total. The molecular weight excluding hydrogens is 316 g/mol. The summed E-state index contributed by atoms with van der Waals surface area (Å²) in [5, 5.41) is 4.68. The highest BCUT2D eigenvalue weighted by Gasteiger charge is 2.34. The number of carbonyl (C=O) groups is 1. The molecule has 0 saturated carbocycles. The van der Waals surface area contributed by atoms with Gasteiger partial charge in [0.1, 0.15) is 5.76 Å². The molecule has 1 aliphatic heterocycles. The van der Waals surface area contributed by atoms with Crippen LogP contribution in [0.5, 0.6) is 0 Å². The number of hydrogen-bond acceptors (Lipinski definition) is 4. The van der Waals surface area contributed by atoms with Crippen LogP contribution in [0.25, 0.3) is 0 Å². The lowest BCUT2D eigenvalue weighted by Crippen LogP contribution is -2.35. The summed E-state index contributed by atoms with van der Waals surface area (Å²) in [6, 6.07) is 3.93. The second kappa shape index (κ2) is 6.37. The van der Waals surface area contributed by atoms with Crippen LogP contribution < -0.4 is 0 Å². The Hall–Kier alpha value is -1.79. The Morgan fingerprint density at radius 2 is 2.22 bits per heavy atom. The number of furan rings is 1. The molecule has 1 saturated heterocycles. The minimum absolute atomic E-state index is 0.0500. The summed E-state index contributed by atoms with van der Waals surface area (Å²) in [6.45, 7) is 4.12. The van der Waals surface area contributed by atoms with Crippen LogP contribution in [0, 0.1) is 5.92 Å². The van der Waals surface area contributed by atoms with Gasteiger partial charge in [-0.1, -0.05) is 18.5 Å². The van der Waals surface area contributed by atoms with Gasteiger partial charge in [-0.25, -0.2) is 0 Å². The first-order valence-electron chi connectivity index (χ1n) is 7.66. The summed E-state index contributed by atoms with van der Waals surface area (Å²) in [7, 11) is 4.10. The third-order valence-corrected chi connectivity index (χ3v) is 4.51. The smallest absolute Gasteiger partial charge is 0.289 e. The maximum atomic E-state index is 12.6. The van der Waals surface area contributed by atoms with E-state index < -0.39 is 0 Å². The van der Waals surface area contributed by atoms with Gasteiger partial charge in [0.25, 0.3) is 5.91 Å². The van der Waals surface area contributed by atoms with Gasteiger partial charge in [-0.2, -0.15) is 5.10 Å². The van der Waals surface area contributed by atoms with Gasteiger partial charge in [0.2, 0.25) is 0 Å². The number of halogens is 1. The van der Waals surface area contributed by atoms with E-state index in [9.17, 15) is 4.79 Å². The molecule has 2 aromatic heterocycles. The van der Waals surface area contributed by atoms with Gasteiger partial charge < -0.3 is 14.2 Å². The minimum atomic E-state index is -0.0500. The molecule has 3 heterocycles. The molecule has 0 aliphatic carbocycles. The molecule has 3 rings (SSSR count). The van der Waals surface area contributed by atoms with E-state index >= 15 is 0 Å². The third-order valence-electron chi connectivity index (χ3n) is 4.32. The van der Waals surface area contributed by atoms with Crippen molar-refractivity contribution in [2.75, 3.05) is 27.2 Å². The van der Waals surface area contributed by atoms with E-state index in [0.29, 0.717) is 35.0 Å². The quantitative estimate of drug-likeness (QED) is 0.859. The topological polar surface area (TPSA) is 54.5 Å². The number of aromatic nitrogens is 2. The van der Waals surface area contributed by atoms with Gasteiger partial charge >= 0.3 is 0 Å². The van der Waals surface area contributed by atoms with E-state index in [1.807, 2.05) is 11.0 Å². The Bertz CT molecular complexity index is 694. The SMILES string of the molecule is C[C@H]1CN(C(=O)c2ccc(Cn3cc(Cl)cn3)o2)C[C@@H]1N(C)C. The Morgan fingerprint density at radius 1 is 1.43 bits per heavy atom. The monoisotopic (exact) mass is 336 g/mol. The Balaban J connectivity index is 1.67. The van der Waals surface area contributed by atoms with Crippen molar-refractivity contribution in [1.82, 2.24) is 19.6 Å². The summed E-state index contributed by atoms with van der Waals surface area (Å²) in [5.41, 5.74) is 0. The average molecular weight is 337 g/mol. The molecule has 1 amide bonds. The summed E-state index contributed by atoms with van der Waals surface area (Å²) < 4.78 is 7.37. The Kier molecular flexibility index (Phi) is 4.46. The average Bonchev–Trinajstić information content (AvgIpc) is 3.19. The van der Waals surface area contributed by atoms with Crippen molar-refractivity contribution in [2.24, 2.45) is 5.92 Å². The molecule has 124 valence electrons. The molecule has 1 fully saturated rings. The fraction of sp³-hybridized carbons (Fsp3) is 0.500. The molecule has 0 aromatic carbocycles. The van der Waals surface area contributed by atoms with Gasteiger partial charge in [0.05, 0.1) is 17.8 Å². The largest absolute Gasteiger partial charge is 0.454 e. The summed E-state index contributed by atoms with van der Waals surface area (Å²) in [5.74, 6) is 1.47. The fourth-order valence-corrected chi connectivity index (χ4v) is 3.26. The molecule has 0 radical (unpaired) electrons. The predicted molar refractivity (Wildman–Crippen MR) is 87.6 cm³/mol. The second-order valence-electron chi connectivity index (χ2n) is 6.34. The minimum Gasteiger partial charge on any atom is -0.454 e. The number of amides is 1. The Morgan fingerprint density at radius 3 is 2.83 bits per heavy atom. The van der Waals surface area contributed by atoms with Gasteiger partial charge in [-0.05, 0) is 32.1 Å². The predicted octanol–water partition coefficient (Wildman–Crippen LogP) is 2.20. The zero-order valence-corrected chi connectivity index (χ0v) is 14.3. The number of likely N-dealkylation sites (N-methyl/N-ethyl adjacent to an activating group) is 1. The standard InChI is InChI=1S/C16H21ClN4O2/c1-11-7-20(10-14(11)19(2)3)16(22)15-5-4-13(23-15)9-21-8-12(17)6-18-21/h4-6,8,11,14H,7,9-10H2,1-3H3/t11-,14-/m0/s1. The number of carbonyl (C=O) groups excluding carboxylic acids is 1. The Labute approximate surface area is 140 Å². The summed E-state index contributed by atoms with van der Waals surface area (Å²) in [6.07, 6.45) is 3.29. The van der Waals surface area contributed by atoms with Crippen LogP contribution in [-0.4, -0.2) is 58.7 Å². The first-order chi connectivity index (χ1) is 10.9. The van der Waals surface area contributed by atoms with Crippen LogP contribution in [0.1, 0.15) is 23.2 Å². The first kappa shape index (κ1) is 16.1. The van der Waals surface area contributed by atoms with Gasteiger partial charge in [-0.15, -0.1) is 0 Å². The van der Waals surface area contributed by atoms with E-state index in [4.69, 9.17) is 16.0 Å². The van der Waals surface area contributed by atoms with E-state index in [1.54, 1.807) is 23.1 Å². The fourth-order valence-electron chi connectivity index (χ4n) is 3.11. The maximum Gasteiger partial charge on any atom is 0.289 e. The maximum absolute atomic E-state index is 12.6. The number of rotatable bonds is 4. The number of likely N-dealkylation sites (tertiary alicyclic amines) is 1. The lowest BCUT2D eigenvalue weighted by Gasteiger charge is -2.22. The van der Waals surface area contributed by atoms with Crippen LogP contribution in [0.4, 0.5) is 0 Å². The molecular formula is C16H21ClN4O2. The van der Waals surface area contributed by atoms with Crippen LogP contribution in [-0.2, 0) is 6.54 Å². The van der Waals surface area contributed by atoms with E-state index in [2.05, 4.69) is 31.0 Å². The lowest BCUT2D eigenvalue weighted by molar-refractivity contribution is 0.0747. The molecule has 0 bridgehead atoms. The van der Waals surface area contributed by atoms with Crippen LogP contribution in [0.2, 0.25) is 5.02 Å². The van der Waals surface area contributed by atoms with Crippen LogP contribution >= 0.6 is 11.6 Å². The van der Waals surface area contributed by atoms with E-state index in [0.717, 1.165) is 13.1 Å². The number of nitrogens with zero attached hydrogens (tertiary/aromatic N) is 4. The van der Waals surface area contributed by atoms with Crippen molar-refractivity contribution in [1.29, 1.82) is 0 Å². The van der Waals surface area contributed by atoms with Crippen molar-refractivity contribution in [3.8, 4) is 0 Å². The molecule has 23 heavy (non-hydrogen) atoms. The molecule has 6 nitrogen and oxygen atoms in total. The number of hydrogen-bond donors (Lipinski definition) is 0. The molecule has 7 heteroatoms. The highest BCUT2D eigenvalue weighted by Crippen LogP contribution is 2.22. The van der Waals surface area contributed by atoms with Crippen LogP contribution in [0.3, 0.4) is 0 Å². The van der Waals surface area contributed by atoms with Crippen molar-refractivity contribution in [2.45, 2.75) is 19.5 Å². The molecule has 2 aromatic rings. The first-order valence-corrected chi connectivity index (χ1v) is 8.04. The molecule has 1 aliphatic rings. The van der Waals surface area contributed by atoms with Crippen molar-refractivity contribution in [3.63, 3.8) is 0 Å². The van der Waals surface area contributed by atoms with Crippen molar-refractivity contribution in [3.05, 3.63) is 41.1 Å². The van der Waals surface area contributed by atoms with E-state index in [-0.39, 0.29) is 5.91 Å². The van der Waals surface area contributed by atoms with Crippen LogP contribution in [0.15, 0.2) is 28.9 Å². The second-order valence-corrected chi connectivity index (χ2v) is 6.78. The summed E-state index contributed by atoms with van der Waals surface area (Å²) >= 11 is 5.84. The van der Waals surface area contributed by atoms with Gasteiger partial charge in [-0.3, -0.25) is 9.48 Å². The normalized spacial score (nSPS) is 21.3. The van der Waals surface area contributed by atoms with E-state index in [1.165, 1.54) is 0 Å². The van der Waals surface area contributed by atoms with Gasteiger partial charge in [0.15, 0.2) is 5.76 Å². The molecule has 2 atom stereocenters. The third kappa shape index (κ3) is 3.43. The highest BCUT2D eigenvalue weighted by atomic mass is 35.5. The highest BCUT2D eigenvalue weighted by molar-refractivity contribution is 6.30. The lowest BCUT2D eigenvalue weighted by atomic mass is 10.1. The zero-order valence-electron chi connectivity index (χ0n) is 13.6. The van der Waals surface area contributed by atoms with Gasteiger partial charge in [0, 0.05) is 25.3 Å². The molecule has 0 unspecified atom stereocenters. The van der Waals surface area contributed by atoms with Crippen molar-refractivity contribution < 1.29 is 9.21 Å². The zero-order chi connectivity index (χ0) is 16.6. The summed E-state index contributed by atoms with van der Waals surface area (Å²) in [4.78, 5) is 16.6. The molecule has 0 spiro atoms.